The SMILES string of the molecule is O=C(CCSc1ccccc1)Nc1cccc(OCC(=O)Nc2ccccc2)c1. The third kappa shape index (κ3) is 7.35. The Hall–Kier alpha value is -3.25. The number of ether oxygens (including phenoxy) is 1. The van der Waals surface area contributed by atoms with Gasteiger partial charge in [-0.2, -0.15) is 0 Å². The van der Waals surface area contributed by atoms with E-state index in [1.165, 1.54) is 0 Å². The molecule has 0 atom stereocenters. The number of thioether (sulfide) groups is 1. The van der Waals surface area contributed by atoms with Crippen LogP contribution in [0.3, 0.4) is 0 Å². The zero-order valence-electron chi connectivity index (χ0n) is 15.8. The van der Waals surface area contributed by atoms with E-state index in [0.717, 1.165) is 10.6 Å². The summed E-state index contributed by atoms with van der Waals surface area (Å²) >= 11 is 1.64. The molecule has 0 aliphatic carbocycles. The van der Waals surface area contributed by atoms with Crippen LogP contribution in [0, 0.1) is 0 Å². The van der Waals surface area contributed by atoms with Crippen LogP contribution in [-0.2, 0) is 9.59 Å². The zero-order chi connectivity index (χ0) is 20.3. The smallest absolute Gasteiger partial charge is 0.262 e. The number of amides is 2. The molecule has 0 fully saturated rings. The van der Waals surface area contributed by atoms with E-state index in [1.807, 2.05) is 60.7 Å². The van der Waals surface area contributed by atoms with Gasteiger partial charge in [-0.15, -0.1) is 11.8 Å². The summed E-state index contributed by atoms with van der Waals surface area (Å²) in [6.45, 7) is -0.111. The van der Waals surface area contributed by atoms with Gasteiger partial charge >= 0.3 is 0 Å². The maximum absolute atomic E-state index is 12.2. The van der Waals surface area contributed by atoms with Crippen LogP contribution in [0.1, 0.15) is 6.42 Å². The minimum absolute atomic E-state index is 0.0626. The number of nitrogens with one attached hydrogen (secondary N) is 2. The summed E-state index contributed by atoms with van der Waals surface area (Å²) in [5.41, 5.74) is 1.36. The second kappa shape index (κ2) is 10.9. The third-order valence-electron chi connectivity index (χ3n) is 3.89. The third-order valence-corrected chi connectivity index (χ3v) is 4.90. The Balaban J connectivity index is 1.42. The Labute approximate surface area is 174 Å². The predicted molar refractivity (Wildman–Crippen MR) is 117 cm³/mol. The second-order valence-electron chi connectivity index (χ2n) is 6.19. The van der Waals surface area contributed by atoms with E-state index < -0.39 is 0 Å². The Morgan fingerprint density at radius 2 is 1.41 bits per heavy atom. The maximum atomic E-state index is 12.2. The first-order chi connectivity index (χ1) is 14.2. The van der Waals surface area contributed by atoms with Gasteiger partial charge in [0, 0.05) is 34.5 Å². The first kappa shape index (κ1) is 20.5. The van der Waals surface area contributed by atoms with Crippen molar-refractivity contribution in [3.63, 3.8) is 0 Å². The van der Waals surface area contributed by atoms with Gasteiger partial charge in [-0.05, 0) is 36.4 Å². The van der Waals surface area contributed by atoms with Gasteiger partial charge in [0.15, 0.2) is 6.61 Å². The molecule has 0 spiro atoms. The van der Waals surface area contributed by atoms with Gasteiger partial charge in [0.2, 0.25) is 5.91 Å². The minimum Gasteiger partial charge on any atom is -0.484 e. The molecule has 2 N–H and O–H groups in total. The van der Waals surface area contributed by atoms with Gasteiger partial charge in [-0.3, -0.25) is 9.59 Å². The van der Waals surface area contributed by atoms with Crippen LogP contribution in [0.5, 0.6) is 5.75 Å². The van der Waals surface area contributed by atoms with E-state index in [9.17, 15) is 9.59 Å². The lowest BCUT2D eigenvalue weighted by Crippen LogP contribution is -2.20. The normalized spacial score (nSPS) is 10.2. The van der Waals surface area contributed by atoms with Crippen LogP contribution in [0.4, 0.5) is 11.4 Å². The van der Waals surface area contributed by atoms with Crippen molar-refractivity contribution in [1.29, 1.82) is 0 Å². The molecule has 148 valence electrons. The van der Waals surface area contributed by atoms with Gasteiger partial charge in [-0.25, -0.2) is 0 Å². The molecule has 6 heteroatoms. The number of hydrogen-bond donors (Lipinski definition) is 2. The van der Waals surface area contributed by atoms with Gasteiger partial charge in [0.25, 0.3) is 5.91 Å². The van der Waals surface area contributed by atoms with Crippen molar-refractivity contribution >= 4 is 35.0 Å². The fourth-order valence-corrected chi connectivity index (χ4v) is 3.41. The Morgan fingerprint density at radius 1 is 0.759 bits per heavy atom. The molecule has 0 aromatic heterocycles. The van der Waals surface area contributed by atoms with Crippen LogP contribution in [0.2, 0.25) is 0 Å². The van der Waals surface area contributed by atoms with Crippen molar-refractivity contribution in [3.8, 4) is 5.75 Å². The Morgan fingerprint density at radius 3 is 2.17 bits per heavy atom. The molecule has 0 bridgehead atoms. The highest BCUT2D eigenvalue weighted by molar-refractivity contribution is 7.99. The molecule has 3 aromatic rings. The minimum atomic E-state index is -0.247. The highest BCUT2D eigenvalue weighted by atomic mass is 32.2. The van der Waals surface area contributed by atoms with Crippen LogP contribution >= 0.6 is 11.8 Å². The van der Waals surface area contributed by atoms with Crippen molar-refractivity contribution in [2.45, 2.75) is 11.3 Å². The Bertz CT molecular complexity index is 933. The standard InChI is InChI=1S/C23H22N2O3S/c26-22(14-15-29-21-12-5-2-6-13-21)25-19-10-7-11-20(16-19)28-17-23(27)24-18-8-3-1-4-9-18/h1-13,16H,14-15,17H2,(H,24,27)(H,25,26). The summed E-state index contributed by atoms with van der Waals surface area (Å²) in [7, 11) is 0. The molecule has 29 heavy (non-hydrogen) atoms. The van der Waals surface area contributed by atoms with Crippen molar-refractivity contribution in [2.75, 3.05) is 23.0 Å². The fraction of sp³-hybridized carbons (Fsp3) is 0.130. The first-order valence-corrected chi connectivity index (χ1v) is 10.2. The van der Waals surface area contributed by atoms with Gasteiger partial charge in [0.1, 0.15) is 5.75 Å². The number of hydrogen-bond acceptors (Lipinski definition) is 4. The molecule has 5 nitrogen and oxygen atoms in total. The first-order valence-electron chi connectivity index (χ1n) is 9.24. The van der Waals surface area contributed by atoms with Crippen LogP contribution in [-0.4, -0.2) is 24.2 Å². The van der Waals surface area contributed by atoms with Gasteiger partial charge in [0.05, 0.1) is 0 Å². The summed E-state index contributed by atoms with van der Waals surface area (Å²) in [4.78, 5) is 25.3. The molecule has 0 saturated heterocycles. The lowest BCUT2D eigenvalue weighted by molar-refractivity contribution is -0.118. The average molecular weight is 407 g/mol. The highest BCUT2D eigenvalue weighted by Gasteiger charge is 2.06. The molecule has 0 heterocycles. The molecule has 0 radical (unpaired) electrons. The summed E-state index contributed by atoms with van der Waals surface area (Å²) < 4.78 is 5.53. The summed E-state index contributed by atoms with van der Waals surface area (Å²) in [6, 6.07) is 26.2. The number of rotatable bonds is 9. The summed E-state index contributed by atoms with van der Waals surface area (Å²) in [5, 5.41) is 5.62. The number of carbonyl (C=O) groups excluding carboxylic acids is 2. The average Bonchev–Trinajstić information content (AvgIpc) is 2.74. The molecular weight excluding hydrogens is 384 g/mol. The molecule has 0 aliphatic rings. The maximum Gasteiger partial charge on any atom is 0.262 e. The van der Waals surface area contributed by atoms with E-state index in [2.05, 4.69) is 10.6 Å². The molecule has 3 rings (SSSR count). The zero-order valence-corrected chi connectivity index (χ0v) is 16.7. The van der Waals surface area contributed by atoms with Gasteiger partial charge < -0.3 is 15.4 Å². The lowest BCUT2D eigenvalue weighted by Gasteiger charge is -2.10. The van der Waals surface area contributed by atoms with Crippen molar-refractivity contribution in [1.82, 2.24) is 0 Å². The molecule has 3 aromatic carbocycles. The van der Waals surface area contributed by atoms with E-state index in [1.54, 1.807) is 36.0 Å². The van der Waals surface area contributed by atoms with Crippen LogP contribution in [0.15, 0.2) is 89.8 Å². The Kier molecular flexibility index (Phi) is 7.72. The summed E-state index contributed by atoms with van der Waals surface area (Å²) in [6.07, 6.45) is 0.407. The summed E-state index contributed by atoms with van der Waals surface area (Å²) in [5.74, 6) is 0.909. The molecular formula is C23H22N2O3S. The largest absolute Gasteiger partial charge is 0.484 e. The van der Waals surface area contributed by atoms with E-state index in [0.29, 0.717) is 23.6 Å². The van der Waals surface area contributed by atoms with Crippen molar-refractivity contribution in [3.05, 3.63) is 84.9 Å². The van der Waals surface area contributed by atoms with E-state index in [4.69, 9.17) is 4.74 Å². The van der Waals surface area contributed by atoms with E-state index >= 15 is 0 Å². The van der Waals surface area contributed by atoms with Crippen molar-refractivity contribution < 1.29 is 14.3 Å². The number of carbonyl (C=O) groups is 2. The molecule has 0 aliphatic heterocycles. The van der Waals surface area contributed by atoms with Crippen LogP contribution < -0.4 is 15.4 Å². The lowest BCUT2D eigenvalue weighted by atomic mass is 10.3. The number of benzene rings is 3. The highest BCUT2D eigenvalue weighted by Crippen LogP contribution is 2.20. The van der Waals surface area contributed by atoms with E-state index in [-0.39, 0.29) is 18.4 Å². The van der Waals surface area contributed by atoms with Crippen LogP contribution in [0.25, 0.3) is 0 Å². The monoisotopic (exact) mass is 406 g/mol. The second-order valence-corrected chi connectivity index (χ2v) is 7.36. The number of para-hydroxylation sites is 1. The predicted octanol–water partition coefficient (Wildman–Crippen LogP) is 4.83. The van der Waals surface area contributed by atoms with Gasteiger partial charge in [-0.1, -0.05) is 42.5 Å². The van der Waals surface area contributed by atoms with Crippen molar-refractivity contribution in [2.24, 2.45) is 0 Å². The quantitative estimate of drug-likeness (QED) is 0.500. The molecule has 0 saturated carbocycles. The number of anilines is 2. The fourth-order valence-electron chi connectivity index (χ4n) is 2.53. The topological polar surface area (TPSA) is 67.4 Å². The molecule has 0 unspecified atom stereocenters. The molecule has 2 amide bonds.